The van der Waals surface area contributed by atoms with Crippen molar-refractivity contribution in [3.63, 3.8) is 0 Å². The highest BCUT2D eigenvalue weighted by molar-refractivity contribution is 5.50. The Morgan fingerprint density at radius 2 is 2.18 bits per heavy atom. The van der Waals surface area contributed by atoms with E-state index in [1.165, 1.54) is 6.33 Å². The third-order valence-corrected chi connectivity index (χ3v) is 2.27. The van der Waals surface area contributed by atoms with Gasteiger partial charge >= 0.3 is 0 Å². The molecule has 0 radical (unpaired) electrons. The molecule has 6 heteroatoms. The van der Waals surface area contributed by atoms with Gasteiger partial charge in [0, 0.05) is 12.3 Å². The molecule has 0 unspecified atom stereocenters. The number of hydrogen-bond acceptors (Lipinski definition) is 5. The molecule has 0 spiro atoms. The standard InChI is InChI=1S/C11H9N5O/c1-2-5-12-9(3-1)7-17-10-4-6-14-16-8-13-15-11(10)16/h1-6,8H,7H2. The van der Waals surface area contributed by atoms with Crippen molar-refractivity contribution in [1.82, 2.24) is 24.8 Å². The highest BCUT2D eigenvalue weighted by Gasteiger charge is 2.05. The Hall–Kier alpha value is -2.50. The van der Waals surface area contributed by atoms with Gasteiger partial charge in [0.05, 0.1) is 11.9 Å². The van der Waals surface area contributed by atoms with Gasteiger partial charge in [0.1, 0.15) is 12.9 Å². The second-order valence-electron chi connectivity index (χ2n) is 3.40. The van der Waals surface area contributed by atoms with Crippen LogP contribution >= 0.6 is 0 Å². The summed E-state index contributed by atoms with van der Waals surface area (Å²) in [4.78, 5) is 4.18. The lowest BCUT2D eigenvalue weighted by Crippen LogP contribution is -2.00. The monoisotopic (exact) mass is 227 g/mol. The molecule has 84 valence electrons. The number of hydrogen-bond donors (Lipinski definition) is 0. The first kappa shape index (κ1) is 9.71. The van der Waals surface area contributed by atoms with E-state index in [9.17, 15) is 0 Å². The number of ether oxygens (including phenoxy) is 1. The minimum absolute atomic E-state index is 0.396. The lowest BCUT2D eigenvalue weighted by molar-refractivity contribution is 0.302. The highest BCUT2D eigenvalue weighted by Crippen LogP contribution is 2.16. The molecule has 3 heterocycles. The average Bonchev–Trinajstić information content (AvgIpc) is 2.86. The van der Waals surface area contributed by atoms with E-state index in [0.717, 1.165) is 5.69 Å². The summed E-state index contributed by atoms with van der Waals surface area (Å²) in [6.45, 7) is 0.396. The van der Waals surface area contributed by atoms with Crippen LogP contribution < -0.4 is 4.74 Å². The van der Waals surface area contributed by atoms with Crippen LogP contribution in [-0.2, 0) is 6.61 Å². The van der Waals surface area contributed by atoms with E-state index >= 15 is 0 Å². The van der Waals surface area contributed by atoms with Gasteiger partial charge in [0.2, 0.25) is 5.65 Å². The molecule has 0 atom stereocenters. The Bertz CT molecular complexity index is 622. The van der Waals surface area contributed by atoms with E-state index in [1.807, 2.05) is 18.2 Å². The zero-order valence-electron chi connectivity index (χ0n) is 8.89. The Kier molecular flexibility index (Phi) is 2.38. The van der Waals surface area contributed by atoms with E-state index in [1.54, 1.807) is 23.0 Å². The molecule has 0 N–H and O–H groups in total. The van der Waals surface area contributed by atoms with Gasteiger partial charge in [0.15, 0.2) is 5.75 Å². The molecule has 0 aliphatic carbocycles. The Labute approximate surface area is 96.9 Å². The molecule has 0 saturated carbocycles. The maximum absolute atomic E-state index is 5.64. The van der Waals surface area contributed by atoms with Crippen LogP contribution in [0.5, 0.6) is 5.75 Å². The highest BCUT2D eigenvalue weighted by atomic mass is 16.5. The van der Waals surface area contributed by atoms with E-state index in [2.05, 4.69) is 20.3 Å². The maximum atomic E-state index is 5.64. The van der Waals surface area contributed by atoms with Gasteiger partial charge in [0.25, 0.3) is 0 Å². The third kappa shape index (κ3) is 1.92. The fourth-order valence-corrected chi connectivity index (χ4v) is 1.47. The number of rotatable bonds is 3. The number of fused-ring (bicyclic) bond motifs is 1. The number of pyridine rings is 1. The largest absolute Gasteiger partial charge is 0.483 e. The Morgan fingerprint density at radius 3 is 3.06 bits per heavy atom. The van der Waals surface area contributed by atoms with Gasteiger partial charge in [-0.25, -0.2) is 0 Å². The number of aromatic nitrogens is 5. The van der Waals surface area contributed by atoms with Gasteiger partial charge in [-0.15, -0.1) is 10.2 Å². The SMILES string of the molecule is c1ccc(COc2ccnn3cnnc23)nc1. The summed E-state index contributed by atoms with van der Waals surface area (Å²) in [5.41, 5.74) is 1.46. The summed E-state index contributed by atoms with van der Waals surface area (Å²) in [6, 6.07) is 7.45. The molecule has 0 aliphatic heterocycles. The first-order valence-electron chi connectivity index (χ1n) is 5.11. The average molecular weight is 227 g/mol. The normalized spacial score (nSPS) is 10.6. The van der Waals surface area contributed by atoms with E-state index in [-0.39, 0.29) is 0 Å². The summed E-state index contributed by atoms with van der Waals surface area (Å²) in [5.74, 6) is 0.642. The van der Waals surface area contributed by atoms with Crippen LogP contribution in [0.2, 0.25) is 0 Å². The summed E-state index contributed by atoms with van der Waals surface area (Å²) >= 11 is 0. The van der Waals surface area contributed by atoms with Crippen molar-refractivity contribution in [3.8, 4) is 5.75 Å². The summed E-state index contributed by atoms with van der Waals surface area (Å²) in [5, 5.41) is 11.8. The van der Waals surface area contributed by atoms with Crippen molar-refractivity contribution < 1.29 is 4.74 Å². The van der Waals surface area contributed by atoms with Gasteiger partial charge in [-0.05, 0) is 12.1 Å². The van der Waals surface area contributed by atoms with Gasteiger partial charge in [-0.1, -0.05) is 6.07 Å². The maximum Gasteiger partial charge on any atom is 0.219 e. The molecule has 0 amide bonds. The quantitative estimate of drug-likeness (QED) is 0.670. The molecule has 0 saturated heterocycles. The Balaban J connectivity index is 1.84. The molecule has 3 aromatic rings. The molecule has 0 fully saturated rings. The summed E-state index contributed by atoms with van der Waals surface area (Å²) < 4.78 is 7.20. The van der Waals surface area contributed by atoms with Gasteiger partial charge in [-0.2, -0.15) is 9.61 Å². The fourth-order valence-electron chi connectivity index (χ4n) is 1.47. The van der Waals surface area contributed by atoms with Gasteiger partial charge < -0.3 is 4.74 Å². The van der Waals surface area contributed by atoms with Crippen molar-refractivity contribution in [2.45, 2.75) is 6.61 Å². The Morgan fingerprint density at radius 1 is 1.18 bits per heavy atom. The molecule has 6 nitrogen and oxygen atoms in total. The fraction of sp³-hybridized carbons (Fsp3) is 0.0909. The lowest BCUT2D eigenvalue weighted by atomic mass is 10.4. The zero-order chi connectivity index (χ0) is 11.5. The van der Waals surface area contributed by atoms with Crippen LogP contribution in [0.15, 0.2) is 43.0 Å². The third-order valence-electron chi connectivity index (χ3n) is 2.27. The van der Waals surface area contributed by atoms with Crippen molar-refractivity contribution >= 4 is 5.65 Å². The van der Waals surface area contributed by atoms with Crippen LogP contribution in [0, 0.1) is 0 Å². The van der Waals surface area contributed by atoms with E-state index in [0.29, 0.717) is 18.0 Å². The minimum atomic E-state index is 0.396. The van der Waals surface area contributed by atoms with Crippen LogP contribution in [-0.4, -0.2) is 24.8 Å². The van der Waals surface area contributed by atoms with Crippen LogP contribution in [0.1, 0.15) is 5.69 Å². The molecular formula is C11H9N5O. The predicted molar refractivity (Wildman–Crippen MR) is 59.4 cm³/mol. The molecule has 3 aromatic heterocycles. The minimum Gasteiger partial charge on any atom is -0.483 e. The van der Waals surface area contributed by atoms with Crippen molar-refractivity contribution in [2.24, 2.45) is 0 Å². The summed E-state index contributed by atoms with van der Waals surface area (Å²) in [7, 11) is 0. The van der Waals surface area contributed by atoms with Crippen LogP contribution in [0.25, 0.3) is 5.65 Å². The smallest absolute Gasteiger partial charge is 0.219 e. The molecule has 17 heavy (non-hydrogen) atoms. The molecular weight excluding hydrogens is 218 g/mol. The van der Waals surface area contributed by atoms with Crippen molar-refractivity contribution in [2.75, 3.05) is 0 Å². The van der Waals surface area contributed by atoms with Crippen molar-refractivity contribution in [3.05, 3.63) is 48.7 Å². The molecule has 3 rings (SSSR count). The molecule has 0 bridgehead atoms. The number of nitrogens with zero attached hydrogens (tertiary/aromatic N) is 5. The predicted octanol–water partition coefficient (Wildman–Crippen LogP) is 1.10. The first-order chi connectivity index (χ1) is 8.43. The lowest BCUT2D eigenvalue weighted by Gasteiger charge is -2.05. The molecule has 0 aromatic carbocycles. The topological polar surface area (TPSA) is 65.2 Å². The summed E-state index contributed by atoms with van der Waals surface area (Å²) in [6.07, 6.45) is 4.91. The first-order valence-corrected chi connectivity index (χ1v) is 5.11. The van der Waals surface area contributed by atoms with Crippen molar-refractivity contribution in [1.29, 1.82) is 0 Å². The second-order valence-corrected chi connectivity index (χ2v) is 3.40. The van der Waals surface area contributed by atoms with Crippen LogP contribution in [0.3, 0.4) is 0 Å². The van der Waals surface area contributed by atoms with Gasteiger partial charge in [-0.3, -0.25) is 4.98 Å². The van der Waals surface area contributed by atoms with E-state index < -0.39 is 0 Å². The van der Waals surface area contributed by atoms with E-state index in [4.69, 9.17) is 4.74 Å². The molecule has 0 aliphatic rings. The second kappa shape index (κ2) is 4.17. The zero-order valence-corrected chi connectivity index (χ0v) is 8.89. The van der Waals surface area contributed by atoms with Crippen LogP contribution in [0.4, 0.5) is 0 Å².